The number of methoxy groups -OCH3 is 1. The Labute approximate surface area is 157 Å². The van der Waals surface area contributed by atoms with Crippen molar-refractivity contribution in [2.24, 2.45) is 5.73 Å². The third-order valence-electron chi connectivity index (χ3n) is 4.64. The van der Waals surface area contributed by atoms with Crippen LogP contribution in [0, 0.1) is 0 Å². The summed E-state index contributed by atoms with van der Waals surface area (Å²) in [5.41, 5.74) is 7.60. The van der Waals surface area contributed by atoms with Crippen LogP contribution in [0.5, 0.6) is 5.75 Å². The topological polar surface area (TPSA) is 106 Å². The van der Waals surface area contributed by atoms with Gasteiger partial charge in [-0.2, -0.15) is 0 Å². The average Bonchev–Trinajstić information content (AvgIpc) is 2.68. The van der Waals surface area contributed by atoms with Crippen LogP contribution in [0.4, 0.5) is 0 Å². The van der Waals surface area contributed by atoms with Gasteiger partial charge in [0.05, 0.1) is 13.0 Å². The molecule has 0 bridgehead atoms. The molecule has 1 unspecified atom stereocenters. The number of ether oxygens (including phenoxy) is 1. The van der Waals surface area contributed by atoms with Crippen LogP contribution in [-0.2, 0) is 11.2 Å². The Kier molecular flexibility index (Phi) is 5.86. The van der Waals surface area contributed by atoms with Gasteiger partial charge in [-0.3, -0.25) is 9.78 Å². The molecule has 0 saturated carbocycles. The first-order valence-electron chi connectivity index (χ1n) is 8.63. The van der Waals surface area contributed by atoms with E-state index in [1.165, 1.54) is 7.11 Å². The van der Waals surface area contributed by atoms with Gasteiger partial charge in [0, 0.05) is 36.2 Å². The van der Waals surface area contributed by atoms with Crippen LogP contribution >= 0.6 is 0 Å². The van der Waals surface area contributed by atoms with Gasteiger partial charge in [-0.05, 0) is 28.6 Å². The van der Waals surface area contributed by atoms with Crippen LogP contribution in [0.3, 0.4) is 0 Å². The molecule has 0 aliphatic carbocycles. The number of hydrogen-bond acceptors (Lipinski definition) is 6. The first kappa shape index (κ1) is 19.0. The molecule has 4 N–H and O–H groups in total. The number of pyridine rings is 1. The smallest absolute Gasteiger partial charge is 0.492 e. The molecule has 7 heteroatoms. The number of nitrogens with two attached hydrogens (primary N) is 1. The molecule has 3 aromatic rings. The van der Waals surface area contributed by atoms with E-state index in [4.69, 9.17) is 10.5 Å². The van der Waals surface area contributed by atoms with E-state index in [2.05, 4.69) is 4.98 Å². The van der Waals surface area contributed by atoms with Crippen molar-refractivity contribution in [1.29, 1.82) is 0 Å². The van der Waals surface area contributed by atoms with Crippen molar-refractivity contribution in [2.45, 2.75) is 12.3 Å². The van der Waals surface area contributed by atoms with Crippen molar-refractivity contribution >= 4 is 29.1 Å². The zero-order valence-corrected chi connectivity index (χ0v) is 15.0. The molecular weight excluding hydrogens is 343 g/mol. The van der Waals surface area contributed by atoms with Gasteiger partial charge in [0.2, 0.25) is 0 Å². The Morgan fingerprint density at radius 3 is 2.70 bits per heavy atom. The molecule has 0 aliphatic heterocycles. The maximum atomic E-state index is 12.9. The van der Waals surface area contributed by atoms with Crippen LogP contribution in [0.15, 0.2) is 54.9 Å². The van der Waals surface area contributed by atoms with E-state index in [0.717, 1.165) is 16.3 Å². The van der Waals surface area contributed by atoms with E-state index in [1.54, 1.807) is 30.6 Å². The van der Waals surface area contributed by atoms with E-state index < -0.39 is 13.0 Å². The maximum Gasteiger partial charge on any atom is 0.492 e. The minimum absolute atomic E-state index is 0.0329. The van der Waals surface area contributed by atoms with E-state index in [9.17, 15) is 14.8 Å². The van der Waals surface area contributed by atoms with Crippen LogP contribution < -0.4 is 15.9 Å². The van der Waals surface area contributed by atoms with Crippen molar-refractivity contribution in [3.05, 3.63) is 66.0 Å². The number of carbonyl (C=O) groups excluding carboxylic acids is 1. The van der Waals surface area contributed by atoms with Gasteiger partial charge in [-0.15, -0.1) is 0 Å². The lowest BCUT2D eigenvalue weighted by Gasteiger charge is -2.17. The molecule has 27 heavy (non-hydrogen) atoms. The van der Waals surface area contributed by atoms with Crippen molar-refractivity contribution in [1.82, 2.24) is 4.98 Å². The highest BCUT2D eigenvalue weighted by Gasteiger charge is 2.24. The average molecular weight is 364 g/mol. The second kappa shape index (κ2) is 8.31. The number of fused-ring (bicyclic) bond motifs is 1. The summed E-state index contributed by atoms with van der Waals surface area (Å²) in [6.45, 7) is 0.129. The molecule has 0 spiro atoms. The molecule has 2 aromatic carbocycles. The molecule has 1 atom stereocenters. The summed E-state index contributed by atoms with van der Waals surface area (Å²) in [6.07, 6.45) is 3.74. The normalized spacial score (nSPS) is 12.0. The Morgan fingerprint density at radius 2 is 2.00 bits per heavy atom. The highest BCUT2D eigenvalue weighted by Crippen LogP contribution is 2.22. The minimum Gasteiger partial charge on any atom is -0.497 e. The standard InChI is InChI=1S/C20H21BN2O4/c1-27-20-5-4-15(10-18(20)21(25)26)17(11-22)19(24)9-13-2-3-16-12-23-7-6-14(16)8-13/h2-8,10,12,17,25-26H,9,11,22H2,1H3. The molecule has 0 aliphatic rings. The highest BCUT2D eigenvalue weighted by atomic mass is 16.5. The SMILES string of the molecule is COc1ccc(C(CN)C(=O)Cc2ccc3cnccc3c2)cc1B(O)O. The summed E-state index contributed by atoms with van der Waals surface area (Å²) in [5, 5.41) is 21.1. The molecule has 0 amide bonds. The molecule has 1 aromatic heterocycles. The van der Waals surface area contributed by atoms with Crippen molar-refractivity contribution in [3.63, 3.8) is 0 Å². The summed E-state index contributed by atoms with van der Waals surface area (Å²) in [7, 11) is -0.246. The summed E-state index contributed by atoms with van der Waals surface area (Å²) in [4.78, 5) is 17.0. The van der Waals surface area contributed by atoms with Gasteiger partial charge < -0.3 is 20.5 Å². The predicted octanol–water partition coefficient (Wildman–Crippen LogP) is 0.777. The quantitative estimate of drug-likeness (QED) is 0.535. The van der Waals surface area contributed by atoms with Crippen LogP contribution in [0.25, 0.3) is 10.8 Å². The monoisotopic (exact) mass is 364 g/mol. The van der Waals surface area contributed by atoms with Gasteiger partial charge in [-0.1, -0.05) is 30.3 Å². The van der Waals surface area contributed by atoms with Crippen LogP contribution in [-0.4, -0.2) is 41.6 Å². The summed E-state index contributed by atoms with van der Waals surface area (Å²) < 4.78 is 5.13. The Morgan fingerprint density at radius 1 is 1.19 bits per heavy atom. The minimum atomic E-state index is -1.69. The fraction of sp³-hybridized carbons (Fsp3) is 0.200. The van der Waals surface area contributed by atoms with E-state index in [1.807, 2.05) is 24.3 Å². The number of nitrogens with zero attached hydrogens (tertiary/aromatic N) is 1. The molecule has 1 heterocycles. The Bertz CT molecular complexity index is 962. The number of hydrogen-bond donors (Lipinski definition) is 3. The lowest BCUT2D eigenvalue weighted by Crippen LogP contribution is -2.33. The Hall–Kier alpha value is -2.74. The van der Waals surface area contributed by atoms with Crippen LogP contribution in [0.2, 0.25) is 0 Å². The van der Waals surface area contributed by atoms with Crippen molar-refractivity contribution in [3.8, 4) is 5.75 Å². The molecule has 6 nitrogen and oxygen atoms in total. The molecule has 3 rings (SSSR count). The maximum absolute atomic E-state index is 12.9. The predicted molar refractivity (Wildman–Crippen MR) is 105 cm³/mol. The number of ketones is 1. The van der Waals surface area contributed by atoms with Gasteiger partial charge in [0.25, 0.3) is 0 Å². The zero-order chi connectivity index (χ0) is 19.4. The number of rotatable bonds is 7. The van der Waals surface area contributed by atoms with Crippen LogP contribution in [0.1, 0.15) is 17.0 Å². The second-order valence-electron chi connectivity index (χ2n) is 6.36. The molecule has 0 radical (unpaired) electrons. The largest absolute Gasteiger partial charge is 0.497 e. The summed E-state index contributed by atoms with van der Waals surface area (Å²) >= 11 is 0. The number of Topliss-reactive ketones (excluding diaryl/α,β-unsaturated/α-hetero) is 1. The Balaban J connectivity index is 1.86. The second-order valence-corrected chi connectivity index (χ2v) is 6.36. The van der Waals surface area contributed by atoms with Gasteiger partial charge >= 0.3 is 7.12 Å². The molecule has 0 saturated heterocycles. The summed E-state index contributed by atoms with van der Waals surface area (Å²) in [5.74, 6) is -0.226. The lowest BCUT2D eigenvalue weighted by molar-refractivity contribution is -0.119. The third kappa shape index (κ3) is 4.16. The molecule has 138 valence electrons. The number of carbonyl (C=O) groups is 1. The van der Waals surface area contributed by atoms with Crippen molar-refractivity contribution in [2.75, 3.05) is 13.7 Å². The zero-order valence-electron chi connectivity index (χ0n) is 15.0. The fourth-order valence-corrected chi connectivity index (χ4v) is 3.19. The third-order valence-corrected chi connectivity index (χ3v) is 4.64. The highest BCUT2D eigenvalue weighted by molar-refractivity contribution is 6.59. The van der Waals surface area contributed by atoms with Gasteiger partial charge in [0.1, 0.15) is 11.5 Å². The van der Waals surface area contributed by atoms with Gasteiger partial charge in [-0.25, -0.2) is 0 Å². The lowest BCUT2D eigenvalue weighted by atomic mass is 9.77. The fourth-order valence-electron chi connectivity index (χ4n) is 3.19. The van der Waals surface area contributed by atoms with E-state index in [-0.39, 0.29) is 24.2 Å². The van der Waals surface area contributed by atoms with Gasteiger partial charge in [0.15, 0.2) is 0 Å². The van der Waals surface area contributed by atoms with Crippen molar-refractivity contribution < 1.29 is 19.6 Å². The molecular formula is C20H21BN2O4. The molecule has 0 fully saturated rings. The van der Waals surface area contributed by atoms with E-state index in [0.29, 0.717) is 11.3 Å². The number of aromatic nitrogens is 1. The number of benzene rings is 2. The first-order chi connectivity index (χ1) is 13.0. The van der Waals surface area contributed by atoms with E-state index >= 15 is 0 Å². The first-order valence-corrected chi connectivity index (χ1v) is 8.63. The summed E-state index contributed by atoms with van der Waals surface area (Å²) in [6, 6.07) is 12.6.